The number of phenols is 1. The Morgan fingerprint density at radius 1 is 1.00 bits per heavy atom. The number of amides is 1. The molecule has 3 aromatic carbocycles. The Morgan fingerprint density at radius 3 is 2.27 bits per heavy atom. The van der Waals surface area contributed by atoms with Crippen molar-refractivity contribution in [3.05, 3.63) is 71.8 Å². The van der Waals surface area contributed by atoms with Crippen LogP contribution in [0.3, 0.4) is 0 Å². The van der Waals surface area contributed by atoms with Crippen LogP contribution in [0.1, 0.15) is 15.9 Å². The van der Waals surface area contributed by atoms with Crippen LogP contribution < -0.4 is 5.32 Å². The van der Waals surface area contributed by atoms with Gasteiger partial charge in [-0.15, -0.1) is 6.42 Å². The van der Waals surface area contributed by atoms with Crippen molar-refractivity contribution in [3.8, 4) is 18.1 Å². The van der Waals surface area contributed by atoms with E-state index in [0.29, 0.717) is 5.69 Å². The van der Waals surface area contributed by atoms with E-state index in [1.165, 1.54) is 0 Å². The minimum Gasteiger partial charge on any atom is -0.507 e. The number of terminal acetylenes is 1. The Labute approximate surface area is 128 Å². The highest BCUT2D eigenvalue weighted by atomic mass is 16.3. The molecule has 0 heterocycles. The number of fused-ring (bicyclic) bond motifs is 1. The van der Waals surface area contributed by atoms with Gasteiger partial charge >= 0.3 is 0 Å². The summed E-state index contributed by atoms with van der Waals surface area (Å²) < 4.78 is 0. The third-order valence-electron chi connectivity index (χ3n) is 3.42. The average Bonchev–Trinajstić information content (AvgIpc) is 2.54. The fraction of sp³-hybridized carbons (Fsp3) is 0. The molecule has 0 aliphatic carbocycles. The molecule has 2 N–H and O–H groups in total. The van der Waals surface area contributed by atoms with Crippen molar-refractivity contribution in [3.63, 3.8) is 0 Å². The zero-order valence-corrected chi connectivity index (χ0v) is 11.7. The highest BCUT2D eigenvalue weighted by molar-refractivity contribution is 6.08. The number of hydrogen-bond donors (Lipinski definition) is 2. The van der Waals surface area contributed by atoms with Crippen molar-refractivity contribution in [1.29, 1.82) is 0 Å². The lowest BCUT2D eigenvalue weighted by atomic mass is 10.1. The van der Waals surface area contributed by atoms with Gasteiger partial charge in [-0.05, 0) is 47.2 Å². The van der Waals surface area contributed by atoms with Crippen LogP contribution >= 0.6 is 0 Å². The van der Waals surface area contributed by atoms with Crippen LogP contribution in [0, 0.1) is 12.3 Å². The SMILES string of the molecule is C#Cc1ccc(NC(=O)c2cc3ccccc3cc2O)cc1. The van der Waals surface area contributed by atoms with E-state index in [9.17, 15) is 9.90 Å². The number of aromatic hydroxyl groups is 1. The maximum absolute atomic E-state index is 12.3. The number of benzene rings is 3. The first-order chi connectivity index (χ1) is 10.7. The van der Waals surface area contributed by atoms with E-state index in [1.54, 1.807) is 36.4 Å². The second-order valence-electron chi connectivity index (χ2n) is 4.89. The van der Waals surface area contributed by atoms with Crippen molar-refractivity contribution in [2.24, 2.45) is 0 Å². The summed E-state index contributed by atoms with van der Waals surface area (Å²) in [7, 11) is 0. The number of hydrogen-bond acceptors (Lipinski definition) is 2. The topological polar surface area (TPSA) is 49.3 Å². The molecule has 0 saturated heterocycles. The van der Waals surface area contributed by atoms with Gasteiger partial charge in [0.15, 0.2) is 0 Å². The predicted octanol–water partition coefficient (Wildman–Crippen LogP) is 3.78. The van der Waals surface area contributed by atoms with Gasteiger partial charge in [-0.25, -0.2) is 0 Å². The molecule has 22 heavy (non-hydrogen) atoms. The maximum atomic E-state index is 12.3. The summed E-state index contributed by atoms with van der Waals surface area (Å²) >= 11 is 0. The van der Waals surface area contributed by atoms with Gasteiger partial charge in [0.1, 0.15) is 5.75 Å². The standard InChI is InChI=1S/C19H13NO2/c1-2-13-7-9-16(10-8-13)20-19(22)17-11-14-5-3-4-6-15(14)12-18(17)21/h1,3-12,21H,(H,20,22). The molecule has 3 rings (SSSR count). The van der Waals surface area contributed by atoms with E-state index in [-0.39, 0.29) is 17.2 Å². The molecule has 0 aliphatic rings. The van der Waals surface area contributed by atoms with Crippen LogP contribution in [0.4, 0.5) is 5.69 Å². The normalized spacial score (nSPS) is 10.1. The van der Waals surface area contributed by atoms with E-state index < -0.39 is 0 Å². The van der Waals surface area contributed by atoms with Crippen molar-refractivity contribution in [2.75, 3.05) is 5.32 Å². The number of anilines is 1. The summed E-state index contributed by atoms with van der Waals surface area (Å²) in [4.78, 5) is 12.3. The van der Waals surface area contributed by atoms with Gasteiger partial charge in [-0.2, -0.15) is 0 Å². The lowest BCUT2D eigenvalue weighted by molar-refractivity contribution is 0.102. The molecule has 3 heteroatoms. The highest BCUT2D eigenvalue weighted by Crippen LogP contribution is 2.25. The van der Waals surface area contributed by atoms with Crippen LogP contribution in [0.5, 0.6) is 5.75 Å². The number of carbonyl (C=O) groups excluding carboxylic acids is 1. The first kappa shape index (κ1) is 13.7. The summed E-state index contributed by atoms with van der Waals surface area (Å²) in [5.41, 5.74) is 1.60. The summed E-state index contributed by atoms with van der Waals surface area (Å²) in [6, 6.07) is 17.8. The van der Waals surface area contributed by atoms with Gasteiger partial charge in [0, 0.05) is 11.3 Å². The molecule has 0 atom stereocenters. The van der Waals surface area contributed by atoms with Gasteiger partial charge in [-0.1, -0.05) is 30.2 Å². The maximum Gasteiger partial charge on any atom is 0.259 e. The minimum atomic E-state index is -0.364. The number of rotatable bonds is 2. The summed E-state index contributed by atoms with van der Waals surface area (Å²) in [5.74, 6) is 2.11. The summed E-state index contributed by atoms with van der Waals surface area (Å²) in [5, 5.41) is 14.6. The van der Waals surface area contributed by atoms with E-state index >= 15 is 0 Å². The van der Waals surface area contributed by atoms with E-state index in [1.807, 2.05) is 24.3 Å². The molecular weight excluding hydrogens is 274 g/mol. The Hall–Kier alpha value is -3.25. The molecule has 0 unspecified atom stereocenters. The molecule has 0 aliphatic heterocycles. The largest absolute Gasteiger partial charge is 0.507 e. The van der Waals surface area contributed by atoms with Crippen LogP contribution in [-0.4, -0.2) is 11.0 Å². The number of nitrogens with one attached hydrogen (secondary N) is 1. The first-order valence-corrected chi connectivity index (χ1v) is 6.77. The Balaban J connectivity index is 1.91. The van der Waals surface area contributed by atoms with E-state index in [2.05, 4.69) is 11.2 Å². The second kappa shape index (κ2) is 5.63. The molecule has 0 spiro atoms. The molecule has 0 fully saturated rings. The number of carbonyl (C=O) groups is 1. The number of phenolic OH excluding ortho intramolecular Hbond substituents is 1. The van der Waals surface area contributed by atoms with Gasteiger partial charge in [0.25, 0.3) is 5.91 Å². The zero-order valence-electron chi connectivity index (χ0n) is 11.7. The Bertz CT molecular complexity index is 889. The third-order valence-corrected chi connectivity index (χ3v) is 3.42. The molecule has 3 aromatic rings. The quantitative estimate of drug-likeness (QED) is 0.705. The lowest BCUT2D eigenvalue weighted by Crippen LogP contribution is -2.12. The van der Waals surface area contributed by atoms with Gasteiger partial charge in [0.2, 0.25) is 0 Å². The molecular formula is C19H13NO2. The fourth-order valence-corrected chi connectivity index (χ4v) is 2.26. The van der Waals surface area contributed by atoms with Gasteiger partial charge < -0.3 is 10.4 Å². The highest BCUT2D eigenvalue weighted by Gasteiger charge is 2.12. The smallest absolute Gasteiger partial charge is 0.259 e. The van der Waals surface area contributed by atoms with Crippen LogP contribution in [0.15, 0.2) is 60.7 Å². The van der Waals surface area contributed by atoms with Gasteiger partial charge in [0.05, 0.1) is 5.56 Å². The zero-order chi connectivity index (χ0) is 15.5. The molecule has 106 valence electrons. The van der Waals surface area contributed by atoms with Crippen molar-refractivity contribution < 1.29 is 9.90 Å². The van der Waals surface area contributed by atoms with Crippen LogP contribution in [0.2, 0.25) is 0 Å². The third kappa shape index (κ3) is 2.63. The van der Waals surface area contributed by atoms with Crippen LogP contribution in [0.25, 0.3) is 10.8 Å². The molecule has 3 nitrogen and oxygen atoms in total. The van der Waals surface area contributed by atoms with Crippen molar-refractivity contribution >= 4 is 22.4 Å². The first-order valence-electron chi connectivity index (χ1n) is 6.77. The van der Waals surface area contributed by atoms with E-state index in [4.69, 9.17) is 6.42 Å². The summed E-state index contributed by atoms with van der Waals surface area (Å²) in [6.45, 7) is 0. The molecule has 0 bridgehead atoms. The molecule has 1 amide bonds. The fourth-order valence-electron chi connectivity index (χ4n) is 2.26. The lowest BCUT2D eigenvalue weighted by Gasteiger charge is -2.08. The summed E-state index contributed by atoms with van der Waals surface area (Å²) in [6.07, 6.45) is 5.29. The average molecular weight is 287 g/mol. The van der Waals surface area contributed by atoms with E-state index in [0.717, 1.165) is 16.3 Å². The van der Waals surface area contributed by atoms with Crippen molar-refractivity contribution in [1.82, 2.24) is 0 Å². The second-order valence-corrected chi connectivity index (χ2v) is 4.89. The predicted molar refractivity (Wildman–Crippen MR) is 87.9 cm³/mol. The van der Waals surface area contributed by atoms with Crippen molar-refractivity contribution in [2.45, 2.75) is 0 Å². The Morgan fingerprint density at radius 2 is 1.64 bits per heavy atom. The molecule has 0 aromatic heterocycles. The Kier molecular flexibility index (Phi) is 3.51. The molecule has 0 saturated carbocycles. The monoisotopic (exact) mass is 287 g/mol. The molecule has 0 radical (unpaired) electrons. The minimum absolute atomic E-state index is 0.0450. The van der Waals surface area contributed by atoms with Crippen LogP contribution in [-0.2, 0) is 0 Å². The van der Waals surface area contributed by atoms with Gasteiger partial charge in [-0.3, -0.25) is 4.79 Å².